The summed E-state index contributed by atoms with van der Waals surface area (Å²) in [6.07, 6.45) is 10.0. The molecule has 1 fully saturated rings. The Balaban J connectivity index is 1.41. The first-order valence-electron chi connectivity index (χ1n) is 19.4. The summed E-state index contributed by atoms with van der Waals surface area (Å²) in [5.41, 5.74) is 12.4. The van der Waals surface area contributed by atoms with Crippen molar-refractivity contribution in [2.75, 3.05) is 33.3 Å². The van der Waals surface area contributed by atoms with Crippen LogP contribution in [-0.2, 0) is 31.2 Å². The van der Waals surface area contributed by atoms with Gasteiger partial charge in [0.1, 0.15) is 17.9 Å². The van der Waals surface area contributed by atoms with Crippen molar-refractivity contribution in [3.8, 4) is 28.1 Å². The highest BCUT2D eigenvalue weighted by Crippen LogP contribution is 2.47. The number of nitrogens with one attached hydrogen (secondary N) is 1. The highest BCUT2D eigenvalue weighted by molar-refractivity contribution is 6.35. The average molecular weight is 784 g/mol. The van der Waals surface area contributed by atoms with E-state index in [4.69, 9.17) is 37.9 Å². The molecule has 290 valence electrons. The number of carbonyl (C=O) groups excluding carboxylic acids is 1. The number of aryl methyl sites for hydroxylation is 6. The summed E-state index contributed by atoms with van der Waals surface area (Å²) in [6, 6.07) is 8.21. The third-order valence-electron chi connectivity index (χ3n) is 11.3. The quantitative estimate of drug-likeness (QED) is 0.0915. The Hall–Kier alpha value is -3.99. The molecule has 1 aliphatic carbocycles. The van der Waals surface area contributed by atoms with Gasteiger partial charge < -0.3 is 29.1 Å². The molecule has 7 rings (SSSR count). The molecule has 0 saturated carbocycles. The summed E-state index contributed by atoms with van der Waals surface area (Å²) in [5, 5.41) is 16.1. The number of hydrogen-bond acceptors (Lipinski definition) is 7. The molecular weight excluding hydrogens is 731 g/mol. The van der Waals surface area contributed by atoms with E-state index < -0.39 is 0 Å². The molecule has 4 heterocycles. The van der Waals surface area contributed by atoms with Crippen LogP contribution in [0, 0.1) is 33.6 Å². The van der Waals surface area contributed by atoms with Crippen LogP contribution in [-0.4, -0.2) is 74.8 Å². The predicted octanol–water partition coefficient (Wildman–Crippen LogP) is 8.39. The Kier molecular flexibility index (Phi) is 11.6. The molecule has 0 radical (unpaired) electrons. The fraction of sp³-hybridized carbons (Fsp3) is 0.432. The molecule has 1 aliphatic heterocycles. The number of aliphatic hydroxyl groups is 1. The van der Waals surface area contributed by atoms with Crippen LogP contribution < -0.4 is 10.1 Å². The van der Waals surface area contributed by atoms with E-state index in [1.54, 1.807) is 0 Å². The standard InChI is InChI=1S/C44H52Cl2N6O3/c1-25-17-32(18-26(2)42(25)46)55-16-8-9-33-34-11-12-37(45)41(40-28(4)48-39(49-29(40)5)23-51-15-14-31(54)21-51)44(34)52(27(3)20-47-6)43(33)36-22-50(7)38-13-10-30(24-53)19-35(36)38/h10-13,17-18,22,24,27,30-31,47,54H,8-9,14-16,19-21,23H2,1-7H3/t27-,30?,31?/m1/s1. The van der Waals surface area contributed by atoms with E-state index in [0.29, 0.717) is 31.1 Å². The maximum atomic E-state index is 12.1. The molecule has 0 spiro atoms. The number of fused-ring (bicyclic) bond motifs is 2. The maximum Gasteiger partial charge on any atom is 0.142 e. The minimum absolute atomic E-state index is 0.0315. The van der Waals surface area contributed by atoms with Gasteiger partial charge in [-0.2, -0.15) is 0 Å². The van der Waals surface area contributed by atoms with Crippen LogP contribution in [0.25, 0.3) is 39.4 Å². The normalized spacial score (nSPS) is 17.6. The van der Waals surface area contributed by atoms with Crippen molar-refractivity contribution in [3.05, 3.63) is 91.7 Å². The number of carbonyl (C=O) groups is 1. The van der Waals surface area contributed by atoms with Crippen LogP contribution in [0.5, 0.6) is 5.75 Å². The first kappa shape index (κ1) is 39.3. The number of β-amino-alcohol motifs (C(OH)–C–C–N with tert-alkyl or cyclic N) is 1. The van der Waals surface area contributed by atoms with Crippen molar-refractivity contribution in [2.45, 2.75) is 79.0 Å². The van der Waals surface area contributed by atoms with E-state index in [9.17, 15) is 9.90 Å². The highest BCUT2D eigenvalue weighted by atomic mass is 35.5. The van der Waals surface area contributed by atoms with Gasteiger partial charge in [-0.25, -0.2) is 9.97 Å². The van der Waals surface area contributed by atoms with Gasteiger partial charge in [0.15, 0.2) is 0 Å². The second-order valence-corrected chi connectivity index (χ2v) is 16.3. The van der Waals surface area contributed by atoms with Crippen LogP contribution in [0.15, 0.2) is 36.5 Å². The number of aromatic nitrogens is 4. The lowest BCUT2D eigenvalue weighted by atomic mass is 9.90. The van der Waals surface area contributed by atoms with Crippen molar-refractivity contribution in [2.24, 2.45) is 13.0 Å². The Morgan fingerprint density at radius 1 is 1.09 bits per heavy atom. The van der Waals surface area contributed by atoms with E-state index in [0.717, 1.165) is 117 Å². The number of aldehydes is 1. The number of rotatable bonds is 13. The second-order valence-electron chi connectivity index (χ2n) is 15.5. The summed E-state index contributed by atoms with van der Waals surface area (Å²) < 4.78 is 11.0. The number of likely N-dealkylation sites (tertiary alicyclic amines) is 1. The Morgan fingerprint density at radius 3 is 2.47 bits per heavy atom. The van der Waals surface area contributed by atoms with Gasteiger partial charge in [-0.05, 0) is 114 Å². The predicted molar refractivity (Wildman–Crippen MR) is 223 cm³/mol. The maximum absolute atomic E-state index is 12.1. The van der Waals surface area contributed by atoms with Gasteiger partial charge in [-0.1, -0.05) is 35.3 Å². The molecule has 0 amide bonds. The van der Waals surface area contributed by atoms with Gasteiger partial charge in [-0.3, -0.25) is 4.90 Å². The lowest BCUT2D eigenvalue weighted by Gasteiger charge is -2.23. The molecule has 2 aliphatic rings. The first-order chi connectivity index (χ1) is 26.4. The van der Waals surface area contributed by atoms with E-state index in [1.165, 1.54) is 11.1 Å². The smallest absolute Gasteiger partial charge is 0.142 e. The fourth-order valence-corrected chi connectivity index (χ4v) is 9.16. The van der Waals surface area contributed by atoms with Crippen molar-refractivity contribution in [1.82, 2.24) is 29.3 Å². The van der Waals surface area contributed by atoms with Crippen molar-refractivity contribution in [3.63, 3.8) is 0 Å². The lowest BCUT2D eigenvalue weighted by Crippen LogP contribution is -2.23. The number of allylic oxidation sites excluding steroid dienone is 1. The number of hydrogen-bond donors (Lipinski definition) is 2. The molecule has 11 heteroatoms. The average Bonchev–Trinajstić information content (AvgIpc) is 3.81. The summed E-state index contributed by atoms with van der Waals surface area (Å²) in [4.78, 5) is 24.5. The number of aliphatic hydroxyl groups excluding tert-OH is 1. The van der Waals surface area contributed by atoms with Gasteiger partial charge >= 0.3 is 0 Å². The topological polar surface area (TPSA) is 97.4 Å². The summed E-state index contributed by atoms with van der Waals surface area (Å²) >= 11 is 13.8. The third kappa shape index (κ3) is 7.62. The van der Waals surface area contributed by atoms with Crippen molar-refractivity contribution < 1.29 is 14.6 Å². The number of ether oxygens (including phenoxy) is 1. The van der Waals surface area contributed by atoms with Crippen LogP contribution in [0.2, 0.25) is 10.0 Å². The second kappa shape index (κ2) is 16.2. The molecule has 2 N–H and O–H groups in total. The summed E-state index contributed by atoms with van der Waals surface area (Å²) in [6.45, 7) is 13.7. The minimum Gasteiger partial charge on any atom is -0.494 e. The van der Waals surface area contributed by atoms with Crippen molar-refractivity contribution >= 4 is 46.5 Å². The monoisotopic (exact) mass is 782 g/mol. The van der Waals surface area contributed by atoms with Gasteiger partial charge in [0.2, 0.25) is 0 Å². The molecule has 55 heavy (non-hydrogen) atoms. The van der Waals surface area contributed by atoms with E-state index in [2.05, 4.69) is 51.7 Å². The van der Waals surface area contributed by atoms with E-state index in [1.807, 2.05) is 59.0 Å². The Morgan fingerprint density at radius 2 is 1.82 bits per heavy atom. The van der Waals surface area contributed by atoms with Crippen LogP contribution in [0.1, 0.15) is 71.0 Å². The summed E-state index contributed by atoms with van der Waals surface area (Å²) in [5.74, 6) is 1.38. The fourth-order valence-electron chi connectivity index (χ4n) is 8.80. The van der Waals surface area contributed by atoms with Gasteiger partial charge in [0, 0.05) is 89.0 Å². The molecule has 2 aromatic carbocycles. The molecule has 3 aromatic heterocycles. The number of nitrogens with zero attached hydrogens (tertiary/aromatic N) is 5. The van der Waals surface area contributed by atoms with E-state index in [-0.39, 0.29) is 18.1 Å². The first-order valence-corrected chi connectivity index (χ1v) is 20.1. The molecule has 3 atom stereocenters. The molecule has 0 bridgehead atoms. The Labute approximate surface area is 334 Å². The number of likely N-dealkylation sites (N-methyl/N-ethyl adjacent to an activating group) is 1. The molecule has 1 saturated heterocycles. The molecule has 9 nitrogen and oxygen atoms in total. The van der Waals surface area contributed by atoms with Crippen LogP contribution in [0.3, 0.4) is 0 Å². The van der Waals surface area contributed by atoms with E-state index >= 15 is 0 Å². The van der Waals surface area contributed by atoms with Crippen molar-refractivity contribution in [1.29, 1.82) is 0 Å². The van der Waals surface area contributed by atoms with Crippen LogP contribution >= 0.6 is 23.2 Å². The molecule has 5 aromatic rings. The zero-order chi connectivity index (χ0) is 39.1. The lowest BCUT2D eigenvalue weighted by molar-refractivity contribution is -0.109. The van der Waals surface area contributed by atoms with Gasteiger partial charge in [-0.15, -0.1) is 0 Å². The minimum atomic E-state index is -0.304. The third-order valence-corrected chi connectivity index (χ3v) is 12.2. The molecular formula is C44H52Cl2N6O3. The molecule has 2 unspecified atom stereocenters. The highest BCUT2D eigenvalue weighted by Gasteiger charge is 2.31. The van der Waals surface area contributed by atoms with Gasteiger partial charge in [0.25, 0.3) is 0 Å². The zero-order valence-corrected chi connectivity index (χ0v) is 34.5. The Bertz CT molecular complexity index is 2240. The zero-order valence-electron chi connectivity index (χ0n) is 33.0. The summed E-state index contributed by atoms with van der Waals surface area (Å²) in [7, 11) is 4.07. The van der Waals surface area contributed by atoms with Crippen LogP contribution in [0.4, 0.5) is 0 Å². The SMILES string of the molecule is CNC[C@@H](C)n1c(-c2cn(C)c3c2CC(C=O)C=C3)c(CCCOc2cc(C)c(Cl)c(C)c2)c2ccc(Cl)c(-c3c(C)nc(CN4CCC(O)C4)nc3C)c21. The number of halogens is 2. The largest absolute Gasteiger partial charge is 0.494 e. The van der Waals surface area contributed by atoms with Gasteiger partial charge in [0.05, 0.1) is 35.5 Å². The number of benzene rings is 2.